The van der Waals surface area contributed by atoms with E-state index in [1.165, 1.54) is 5.56 Å². The Labute approximate surface area is 104 Å². The van der Waals surface area contributed by atoms with Gasteiger partial charge in [0.25, 0.3) is 0 Å². The SMILES string of the molecule is CC(C)(C)c1cncc(OC2CCNCC2)c1. The second-order valence-electron chi connectivity index (χ2n) is 5.73. The fraction of sp³-hybridized carbons (Fsp3) is 0.643. The Kier molecular flexibility index (Phi) is 3.67. The average Bonchev–Trinajstić information content (AvgIpc) is 2.29. The van der Waals surface area contributed by atoms with Gasteiger partial charge in [0.2, 0.25) is 0 Å². The van der Waals surface area contributed by atoms with E-state index in [2.05, 4.69) is 37.1 Å². The molecule has 1 aromatic rings. The molecule has 3 heteroatoms. The number of ether oxygens (including phenoxy) is 1. The van der Waals surface area contributed by atoms with Crippen LogP contribution in [0.4, 0.5) is 0 Å². The molecule has 0 saturated carbocycles. The van der Waals surface area contributed by atoms with Crippen LogP contribution < -0.4 is 10.1 Å². The molecule has 2 heterocycles. The van der Waals surface area contributed by atoms with E-state index in [4.69, 9.17) is 4.74 Å². The van der Waals surface area contributed by atoms with Gasteiger partial charge in [0.05, 0.1) is 6.20 Å². The fourth-order valence-corrected chi connectivity index (χ4v) is 2.00. The summed E-state index contributed by atoms with van der Waals surface area (Å²) in [4.78, 5) is 4.28. The summed E-state index contributed by atoms with van der Waals surface area (Å²) in [5.74, 6) is 0.907. The minimum absolute atomic E-state index is 0.125. The molecular weight excluding hydrogens is 212 g/mol. The largest absolute Gasteiger partial charge is 0.489 e. The summed E-state index contributed by atoms with van der Waals surface area (Å²) >= 11 is 0. The van der Waals surface area contributed by atoms with Crippen LogP contribution in [-0.4, -0.2) is 24.2 Å². The van der Waals surface area contributed by atoms with Crippen LogP contribution in [0.25, 0.3) is 0 Å². The third-order valence-corrected chi connectivity index (χ3v) is 3.17. The van der Waals surface area contributed by atoms with Crippen molar-refractivity contribution in [3.8, 4) is 5.75 Å². The summed E-state index contributed by atoms with van der Waals surface area (Å²) in [6.45, 7) is 8.68. The smallest absolute Gasteiger partial charge is 0.138 e. The third kappa shape index (κ3) is 3.43. The van der Waals surface area contributed by atoms with Gasteiger partial charge in [-0.2, -0.15) is 0 Å². The highest BCUT2D eigenvalue weighted by Gasteiger charge is 2.17. The Hall–Kier alpha value is -1.09. The van der Waals surface area contributed by atoms with Gasteiger partial charge in [0.15, 0.2) is 0 Å². The van der Waals surface area contributed by atoms with Crippen LogP contribution in [0.2, 0.25) is 0 Å². The predicted molar refractivity (Wildman–Crippen MR) is 69.5 cm³/mol. The molecule has 94 valence electrons. The Morgan fingerprint density at radius 1 is 1.24 bits per heavy atom. The van der Waals surface area contributed by atoms with Crippen molar-refractivity contribution in [3.05, 3.63) is 24.0 Å². The first-order valence-corrected chi connectivity index (χ1v) is 6.38. The zero-order valence-corrected chi connectivity index (χ0v) is 11.0. The highest BCUT2D eigenvalue weighted by molar-refractivity contribution is 5.28. The summed E-state index contributed by atoms with van der Waals surface area (Å²) in [6.07, 6.45) is 6.25. The van der Waals surface area contributed by atoms with E-state index in [1.807, 2.05) is 12.4 Å². The maximum absolute atomic E-state index is 5.99. The van der Waals surface area contributed by atoms with Gasteiger partial charge in [0, 0.05) is 6.20 Å². The standard InChI is InChI=1S/C14H22N2O/c1-14(2,3)11-8-13(10-16-9-11)17-12-4-6-15-7-5-12/h8-10,12,15H,4-7H2,1-3H3. The lowest BCUT2D eigenvalue weighted by Crippen LogP contribution is -2.34. The second-order valence-corrected chi connectivity index (χ2v) is 5.73. The van der Waals surface area contributed by atoms with Crippen LogP contribution >= 0.6 is 0 Å². The number of hydrogen-bond donors (Lipinski definition) is 1. The van der Waals surface area contributed by atoms with Crippen LogP contribution in [-0.2, 0) is 5.41 Å². The van der Waals surface area contributed by atoms with Gasteiger partial charge in [-0.25, -0.2) is 0 Å². The Balaban J connectivity index is 2.05. The zero-order chi connectivity index (χ0) is 12.3. The summed E-state index contributed by atoms with van der Waals surface area (Å²) in [5.41, 5.74) is 1.35. The van der Waals surface area contributed by atoms with E-state index in [1.54, 1.807) is 0 Å². The van der Waals surface area contributed by atoms with Gasteiger partial charge in [-0.3, -0.25) is 4.98 Å². The van der Waals surface area contributed by atoms with Gasteiger partial charge < -0.3 is 10.1 Å². The maximum atomic E-state index is 5.99. The second kappa shape index (κ2) is 5.05. The fourth-order valence-electron chi connectivity index (χ4n) is 2.00. The number of aromatic nitrogens is 1. The van der Waals surface area contributed by atoms with Crippen molar-refractivity contribution in [2.75, 3.05) is 13.1 Å². The lowest BCUT2D eigenvalue weighted by Gasteiger charge is -2.25. The molecule has 1 fully saturated rings. The molecule has 1 aromatic heterocycles. The van der Waals surface area contributed by atoms with Crippen LogP contribution in [0, 0.1) is 0 Å². The zero-order valence-electron chi connectivity index (χ0n) is 11.0. The number of pyridine rings is 1. The monoisotopic (exact) mass is 234 g/mol. The molecule has 0 aliphatic carbocycles. The first kappa shape index (κ1) is 12.4. The normalized spacial score (nSPS) is 18.1. The van der Waals surface area contributed by atoms with Crippen LogP contribution in [0.5, 0.6) is 5.75 Å². The molecule has 0 bridgehead atoms. The topological polar surface area (TPSA) is 34.1 Å². The van der Waals surface area contributed by atoms with E-state index < -0.39 is 0 Å². The van der Waals surface area contributed by atoms with Crippen molar-refractivity contribution in [1.82, 2.24) is 10.3 Å². The highest BCUT2D eigenvalue weighted by Crippen LogP contribution is 2.25. The van der Waals surface area contributed by atoms with Crippen molar-refractivity contribution < 1.29 is 4.74 Å². The van der Waals surface area contributed by atoms with Gasteiger partial charge in [-0.05, 0) is 43.0 Å². The molecule has 1 saturated heterocycles. The minimum atomic E-state index is 0.125. The van der Waals surface area contributed by atoms with Gasteiger partial charge in [-0.1, -0.05) is 20.8 Å². The molecule has 0 unspecified atom stereocenters. The van der Waals surface area contributed by atoms with E-state index >= 15 is 0 Å². The van der Waals surface area contributed by atoms with Crippen molar-refractivity contribution in [2.24, 2.45) is 0 Å². The summed E-state index contributed by atoms with van der Waals surface area (Å²) in [6, 6.07) is 2.12. The molecule has 2 rings (SSSR count). The van der Waals surface area contributed by atoms with E-state index in [0.29, 0.717) is 6.10 Å². The first-order valence-electron chi connectivity index (χ1n) is 6.38. The molecule has 17 heavy (non-hydrogen) atoms. The third-order valence-electron chi connectivity index (χ3n) is 3.17. The number of rotatable bonds is 2. The Morgan fingerprint density at radius 3 is 2.59 bits per heavy atom. The van der Waals surface area contributed by atoms with Gasteiger partial charge in [-0.15, -0.1) is 0 Å². The lowest BCUT2D eigenvalue weighted by molar-refractivity contribution is 0.161. The Morgan fingerprint density at radius 2 is 1.94 bits per heavy atom. The number of nitrogens with zero attached hydrogens (tertiary/aromatic N) is 1. The first-order chi connectivity index (χ1) is 8.05. The van der Waals surface area contributed by atoms with Crippen molar-refractivity contribution >= 4 is 0 Å². The van der Waals surface area contributed by atoms with Crippen molar-refractivity contribution in [3.63, 3.8) is 0 Å². The quantitative estimate of drug-likeness (QED) is 0.853. The van der Waals surface area contributed by atoms with Crippen LogP contribution in [0.1, 0.15) is 39.2 Å². The number of piperidine rings is 1. The lowest BCUT2D eigenvalue weighted by atomic mass is 9.88. The molecule has 0 spiro atoms. The number of nitrogens with one attached hydrogen (secondary N) is 1. The molecule has 0 amide bonds. The molecule has 0 aromatic carbocycles. The minimum Gasteiger partial charge on any atom is -0.489 e. The molecule has 1 N–H and O–H groups in total. The summed E-state index contributed by atoms with van der Waals surface area (Å²) in [7, 11) is 0. The van der Waals surface area contributed by atoms with E-state index in [9.17, 15) is 0 Å². The molecule has 1 aliphatic rings. The van der Waals surface area contributed by atoms with Crippen LogP contribution in [0.15, 0.2) is 18.5 Å². The summed E-state index contributed by atoms with van der Waals surface area (Å²) in [5, 5.41) is 3.34. The van der Waals surface area contributed by atoms with Crippen molar-refractivity contribution in [2.45, 2.75) is 45.1 Å². The average molecular weight is 234 g/mol. The molecule has 3 nitrogen and oxygen atoms in total. The number of hydrogen-bond acceptors (Lipinski definition) is 3. The molecule has 0 atom stereocenters. The van der Waals surface area contributed by atoms with E-state index in [0.717, 1.165) is 31.7 Å². The maximum Gasteiger partial charge on any atom is 0.138 e. The van der Waals surface area contributed by atoms with E-state index in [-0.39, 0.29) is 5.41 Å². The van der Waals surface area contributed by atoms with Gasteiger partial charge >= 0.3 is 0 Å². The molecule has 0 radical (unpaired) electrons. The highest BCUT2D eigenvalue weighted by atomic mass is 16.5. The summed E-state index contributed by atoms with van der Waals surface area (Å²) < 4.78 is 5.99. The predicted octanol–water partition coefficient (Wildman–Crippen LogP) is 2.51. The molecule has 1 aliphatic heterocycles. The Bertz CT molecular complexity index is 365. The van der Waals surface area contributed by atoms with Gasteiger partial charge in [0.1, 0.15) is 11.9 Å². The molecular formula is C14H22N2O. The van der Waals surface area contributed by atoms with Crippen LogP contribution in [0.3, 0.4) is 0 Å². The van der Waals surface area contributed by atoms with Crippen molar-refractivity contribution in [1.29, 1.82) is 0 Å².